The topological polar surface area (TPSA) is 95.0 Å². The van der Waals surface area contributed by atoms with Crippen molar-refractivity contribution >= 4 is 27.3 Å². The standard InChI is InChI=1S/C36H34F2N6O3S/c1-3-27(45)20-24-12-14-26(15-13-24)33-29(22-41(2)21-25-8-5-4-6-9-25)32-34(46)43(19-18-42-17-16-39-40-42)36(47)44(35(32)48-33)23-28-30(37)10-7-11-31(28)38/h4-17H,3,18-23H2,1-2H3. The van der Waals surface area contributed by atoms with Crippen LogP contribution in [0.4, 0.5) is 8.78 Å². The fraction of sp³-hybridized carbons (Fsp3) is 0.250. The number of rotatable bonds is 13. The predicted molar refractivity (Wildman–Crippen MR) is 182 cm³/mol. The number of benzene rings is 3. The number of nitrogens with zero attached hydrogens (tertiary/aromatic N) is 6. The normalized spacial score (nSPS) is 11.5. The summed E-state index contributed by atoms with van der Waals surface area (Å²) in [5, 5.41) is 8.07. The highest BCUT2D eigenvalue weighted by atomic mass is 32.1. The summed E-state index contributed by atoms with van der Waals surface area (Å²) in [6, 6.07) is 21.1. The van der Waals surface area contributed by atoms with Crippen molar-refractivity contribution in [3.05, 3.63) is 140 Å². The number of aryl methyl sites for hydroxylation is 1. The van der Waals surface area contributed by atoms with Crippen molar-refractivity contribution in [2.24, 2.45) is 0 Å². The van der Waals surface area contributed by atoms with Gasteiger partial charge in [-0.15, -0.1) is 16.4 Å². The first-order chi connectivity index (χ1) is 23.2. The molecule has 9 nitrogen and oxygen atoms in total. The van der Waals surface area contributed by atoms with E-state index in [1.54, 1.807) is 6.20 Å². The molecule has 0 saturated carbocycles. The summed E-state index contributed by atoms with van der Waals surface area (Å²) >= 11 is 1.24. The van der Waals surface area contributed by atoms with Crippen LogP contribution in [0.15, 0.2) is 94.8 Å². The number of ketones is 1. The smallest absolute Gasteiger partial charge is 0.299 e. The summed E-state index contributed by atoms with van der Waals surface area (Å²) in [7, 11) is 1.95. The van der Waals surface area contributed by atoms with Crippen LogP contribution in [-0.4, -0.2) is 41.9 Å². The van der Waals surface area contributed by atoms with Crippen LogP contribution >= 0.6 is 11.3 Å². The molecule has 3 heterocycles. The van der Waals surface area contributed by atoms with E-state index in [0.717, 1.165) is 38.3 Å². The lowest BCUT2D eigenvalue weighted by atomic mass is 10.0. The van der Waals surface area contributed by atoms with E-state index >= 15 is 0 Å². The Bertz CT molecular complexity index is 2150. The number of carbonyl (C=O) groups is 1. The molecule has 6 aromatic rings. The average Bonchev–Trinajstić information content (AvgIpc) is 3.73. The lowest BCUT2D eigenvalue weighted by Gasteiger charge is -2.18. The number of carbonyl (C=O) groups excluding carboxylic acids is 1. The largest absolute Gasteiger partial charge is 0.332 e. The molecule has 0 amide bonds. The van der Waals surface area contributed by atoms with Crippen molar-refractivity contribution in [2.45, 2.75) is 52.5 Å². The van der Waals surface area contributed by atoms with Gasteiger partial charge in [0.1, 0.15) is 22.2 Å². The van der Waals surface area contributed by atoms with E-state index in [4.69, 9.17) is 0 Å². The van der Waals surface area contributed by atoms with E-state index in [1.165, 1.54) is 32.8 Å². The maximum Gasteiger partial charge on any atom is 0.332 e. The highest BCUT2D eigenvalue weighted by Gasteiger charge is 2.25. The molecular formula is C36H34F2N6O3S. The minimum absolute atomic E-state index is 0.0264. The molecule has 48 heavy (non-hydrogen) atoms. The Morgan fingerprint density at radius 2 is 1.58 bits per heavy atom. The van der Waals surface area contributed by atoms with E-state index in [9.17, 15) is 23.2 Å². The SMILES string of the molecule is CCC(=O)Cc1ccc(-c2sc3c(c2CN(C)Cc2ccccc2)c(=O)n(CCn2ccnn2)c(=O)n3Cc2c(F)cccc2F)cc1. The first-order valence-electron chi connectivity index (χ1n) is 15.6. The van der Waals surface area contributed by atoms with Gasteiger partial charge in [0.2, 0.25) is 0 Å². The third kappa shape index (κ3) is 6.95. The van der Waals surface area contributed by atoms with Crippen LogP contribution in [0.3, 0.4) is 0 Å². The van der Waals surface area contributed by atoms with E-state index < -0.39 is 29.4 Å². The summed E-state index contributed by atoms with van der Waals surface area (Å²) in [6.07, 6.45) is 3.89. The van der Waals surface area contributed by atoms with Crippen molar-refractivity contribution in [3.63, 3.8) is 0 Å². The summed E-state index contributed by atoms with van der Waals surface area (Å²) < 4.78 is 33.9. The molecule has 0 radical (unpaired) electrons. The number of Topliss-reactive ketones (excluding diaryl/α,β-unsaturated/α-hetero) is 1. The van der Waals surface area contributed by atoms with E-state index in [0.29, 0.717) is 41.7 Å². The molecule has 0 aliphatic rings. The molecule has 0 unspecified atom stereocenters. The van der Waals surface area contributed by atoms with Crippen LogP contribution in [0.2, 0.25) is 0 Å². The minimum Gasteiger partial charge on any atom is -0.299 e. The van der Waals surface area contributed by atoms with Crippen molar-refractivity contribution < 1.29 is 13.6 Å². The lowest BCUT2D eigenvalue weighted by Crippen LogP contribution is -2.41. The molecule has 6 rings (SSSR count). The van der Waals surface area contributed by atoms with Gasteiger partial charge in [0.05, 0.1) is 31.2 Å². The zero-order valence-electron chi connectivity index (χ0n) is 26.6. The second kappa shape index (κ2) is 14.4. The van der Waals surface area contributed by atoms with Gasteiger partial charge in [-0.1, -0.05) is 72.8 Å². The van der Waals surface area contributed by atoms with Gasteiger partial charge in [-0.2, -0.15) is 0 Å². The van der Waals surface area contributed by atoms with Gasteiger partial charge in [-0.25, -0.2) is 13.6 Å². The number of hydrogen-bond acceptors (Lipinski definition) is 7. The Balaban J connectivity index is 1.55. The van der Waals surface area contributed by atoms with Gasteiger partial charge in [0.25, 0.3) is 5.56 Å². The Morgan fingerprint density at radius 1 is 0.854 bits per heavy atom. The molecule has 0 atom stereocenters. The highest BCUT2D eigenvalue weighted by molar-refractivity contribution is 7.22. The number of halogens is 2. The predicted octanol–water partition coefficient (Wildman–Crippen LogP) is 5.66. The molecule has 0 bridgehead atoms. The van der Waals surface area contributed by atoms with Gasteiger partial charge in [-0.05, 0) is 41.4 Å². The van der Waals surface area contributed by atoms with Gasteiger partial charge < -0.3 is 0 Å². The number of aromatic nitrogens is 5. The first-order valence-corrected chi connectivity index (χ1v) is 16.4. The Morgan fingerprint density at radius 3 is 2.25 bits per heavy atom. The maximum absolute atomic E-state index is 15.0. The maximum atomic E-state index is 15.0. The quantitative estimate of drug-likeness (QED) is 0.158. The van der Waals surface area contributed by atoms with E-state index in [1.807, 2.05) is 68.6 Å². The third-order valence-electron chi connectivity index (χ3n) is 8.29. The Kier molecular flexibility index (Phi) is 9.83. The molecular weight excluding hydrogens is 634 g/mol. The van der Waals surface area contributed by atoms with E-state index in [-0.39, 0.29) is 24.4 Å². The molecule has 0 aliphatic carbocycles. The molecule has 0 N–H and O–H groups in total. The zero-order valence-corrected chi connectivity index (χ0v) is 27.4. The van der Waals surface area contributed by atoms with Crippen molar-refractivity contribution in [3.8, 4) is 10.4 Å². The summed E-state index contributed by atoms with van der Waals surface area (Å²) in [5.41, 5.74) is 2.02. The van der Waals surface area contributed by atoms with E-state index in [2.05, 4.69) is 15.2 Å². The molecule has 246 valence electrons. The van der Waals surface area contributed by atoms with Crippen molar-refractivity contribution in [1.82, 2.24) is 29.0 Å². The van der Waals surface area contributed by atoms with Gasteiger partial charge in [0, 0.05) is 42.6 Å². The van der Waals surface area contributed by atoms with Gasteiger partial charge >= 0.3 is 5.69 Å². The first kappa shape index (κ1) is 32.9. The summed E-state index contributed by atoms with van der Waals surface area (Å²) in [5.74, 6) is -1.44. The number of thiophene rings is 1. The number of fused-ring (bicyclic) bond motifs is 1. The molecule has 3 aromatic heterocycles. The zero-order chi connectivity index (χ0) is 33.8. The highest BCUT2D eigenvalue weighted by Crippen LogP contribution is 2.38. The molecule has 3 aromatic carbocycles. The fourth-order valence-electron chi connectivity index (χ4n) is 5.78. The Labute approximate surface area is 279 Å². The van der Waals surface area contributed by atoms with Gasteiger partial charge in [-0.3, -0.25) is 28.3 Å². The number of hydrogen-bond donors (Lipinski definition) is 0. The summed E-state index contributed by atoms with van der Waals surface area (Å²) in [6.45, 7) is 2.53. The van der Waals surface area contributed by atoms with Crippen LogP contribution in [-0.2, 0) is 43.9 Å². The van der Waals surface area contributed by atoms with Gasteiger partial charge in [0.15, 0.2) is 0 Å². The van der Waals surface area contributed by atoms with Crippen molar-refractivity contribution in [2.75, 3.05) is 7.05 Å². The van der Waals surface area contributed by atoms with Crippen molar-refractivity contribution in [1.29, 1.82) is 0 Å². The lowest BCUT2D eigenvalue weighted by molar-refractivity contribution is -0.118. The van der Waals surface area contributed by atoms with Crippen LogP contribution in [0.1, 0.15) is 35.6 Å². The molecule has 0 spiro atoms. The minimum atomic E-state index is -0.785. The second-order valence-corrected chi connectivity index (χ2v) is 12.7. The Hall–Kier alpha value is -5.07. The third-order valence-corrected chi connectivity index (χ3v) is 9.60. The molecule has 0 saturated heterocycles. The van der Waals surface area contributed by atoms with Crippen LogP contribution in [0.25, 0.3) is 20.7 Å². The van der Waals surface area contributed by atoms with Crippen LogP contribution in [0.5, 0.6) is 0 Å². The molecule has 0 fully saturated rings. The molecule has 12 heteroatoms. The summed E-state index contributed by atoms with van der Waals surface area (Å²) in [4.78, 5) is 43.7. The van der Waals surface area contributed by atoms with Crippen LogP contribution < -0.4 is 11.2 Å². The fourth-order valence-corrected chi connectivity index (χ4v) is 7.08. The van der Waals surface area contributed by atoms with Crippen LogP contribution in [0, 0.1) is 11.6 Å². The second-order valence-electron chi connectivity index (χ2n) is 11.7. The molecule has 0 aliphatic heterocycles. The average molecular weight is 669 g/mol. The monoisotopic (exact) mass is 668 g/mol.